The van der Waals surface area contributed by atoms with Crippen LogP contribution in [-0.4, -0.2) is 24.9 Å². The van der Waals surface area contributed by atoms with Gasteiger partial charge in [-0.15, -0.1) is 34.4 Å². The first-order chi connectivity index (χ1) is 17.9. The maximum absolute atomic E-state index is 4.55. The van der Waals surface area contributed by atoms with Crippen LogP contribution in [-0.2, 0) is 25.5 Å². The van der Waals surface area contributed by atoms with E-state index in [9.17, 15) is 0 Å². The van der Waals surface area contributed by atoms with Crippen LogP contribution < -0.4 is 8.92 Å². The van der Waals surface area contributed by atoms with Gasteiger partial charge >= 0.3 is 137 Å². The van der Waals surface area contributed by atoms with Gasteiger partial charge in [0.25, 0.3) is 0 Å². The van der Waals surface area contributed by atoms with Crippen molar-refractivity contribution in [2.45, 2.75) is 40.0 Å². The Labute approximate surface area is 246 Å². The van der Waals surface area contributed by atoms with Gasteiger partial charge in [-0.2, -0.15) is 0 Å². The summed E-state index contributed by atoms with van der Waals surface area (Å²) in [6, 6.07) is 34.1. The van der Waals surface area contributed by atoms with Crippen LogP contribution in [0.25, 0.3) is 22.5 Å². The predicted molar refractivity (Wildman–Crippen MR) is 155 cm³/mol. The van der Waals surface area contributed by atoms with E-state index in [2.05, 4.69) is 105 Å². The van der Waals surface area contributed by atoms with Crippen LogP contribution in [0.4, 0.5) is 0 Å². The van der Waals surface area contributed by atoms with Crippen molar-refractivity contribution in [2.24, 2.45) is 0 Å². The molecule has 0 bridgehead atoms. The Bertz CT molecular complexity index is 1520. The van der Waals surface area contributed by atoms with Crippen molar-refractivity contribution >= 4 is 23.9 Å². The Morgan fingerprint density at radius 1 is 0.763 bits per heavy atom. The molecular formula is C34H30IrN2Se-2. The molecule has 0 saturated carbocycles. The quantitative estimate of drug-likeness (QED) is 0.157. The molecule has 1 radical (unpaired) electrons. The first kappa shape index (κ1) is 28.1. The van der Waals surface area contributed by atoms with Crippen molar-refractivity contribution in [2.75, 3.05) is 0 Å². The van der Waals surface area contributed by atoms with E-state index < -0.39 is 0 Å². The van der Waals surface area contributed by atoms with Gasteiger partial charge in [0.05, 0.1) is 0 Å². The Kier molecular flexibility index (Phi) is 8.81. The second-order valence-electron chi connectivity index (χ2n) is 9.86. The molecule has 1 aliphatic heterocycles. The Morgan fingerprint density at radius 2 is 1.42 bits per heavy atom. The number of aryl methyl sites for hydroxylation is 2. The van der Waals surface area contributed by atoms with E-state index in [1.54, 1.807) is 0 Å². The summed E-state index contributed by atoms with van der Waals surface area (Å²) in [6.07, 6.45) is 3.67. The maximum atomic E-state index is 4.55. The van der Waals surface area contributed by atoms with E-state index in [1.165, 1.54) is 36.7 Å². The molecule has 5 aromatic rings. The fourth-order valence-electron chi connectivity index (χ4n) is 4.84. The van der Waals surface area contributed by atoms with Crippen molar-refractivity contribution in [1.29, 1.82) is 0 Å². The van der Waals surface area contributed by atoms with Gasteiger partial charge in [-0.05, 0) is 11.8 Å². The van der Waals surface area contributed by atoms with E-state index >= 15 is 0 Å². The number of aromatic nitrogens is 2. The van der Waals surface area contributed by atoms with Gasteiger partial charge in [0, 0.05) is 26.3 Å². The van der Waals surface area contributed by atoms with Crippen LogP contribution in [0.15, 0.2) is 91.3 Å². The third-order valence-electron chi connectivity index (χ3n) is 7.06. The fraction of sp³-hybridized carbons (Fsp3) is 0.176. The molecule has 0 unspecified atom stereocenters. The molecule has 38 heavy (non-hydrogen) atoms. The van der Waals surface area contributed by atoms with Crippen molar-refractivity contribution in [3.63, 3.8) is 0 Å². The molecule has 3 heterocycles. The minimum Gasteiger partial charge on any atom is -0.305 e. The Balaban J connectivity index is 0.000000185. The zero-order valence-electron chi connectivity index (χ0n) is 22.3. The summed E-state index contributed by atoms with van der Waals surface area (Å²) in [5, 5.41) is 0. The van der Waals surface area contributed by atoms with Gasteiger partial charge in [-0.25, -0.2) is 0 Å². The number of pyridine rings is 2. The summed E-state index contributed by atoms with van der Waals surface area (Å²) in [7, 11) is 0. The zero-order valence-corrected chi connectivity index (χ0v) is 26.4. The van der Waals surface area contributed by atoms with Crippen LogP contribution in [0.1, 0.15) is 41.7 Å². The van der Waals surface area contributed by atoms with Crippen LogP contribution in [0, 0.1) is 32.9 Å². The molecule has 6 rings (SSSR count). The van der Waals surface area contributed by atoms with Gasteiger partial charge < -0.3 is 4.98 Å². The standard InChI is InChI=1S/C20H16NSe.C14H14N.Ir/c1-20(2)15-9-3-4-11-17(15)22-18-12-7-8-14(19(18)20)16-10-5-6-13-21-16;1-10-8-13(9-11(2)12(10)3)14-6-4-5-7-15-14;/h3-7,9-13H,1-2H3;4-8H,1-3H3;/q2*-1;. The van der Waals surface area contributed by atoms with Crippen molar-refractivity contribution in [1.82, 2.24) is 9.97 Å². The first-order valence-electron chi connectivity index (χ1n) is 12.5. The molecule has 4 heteroatoms. The van der Waals surface area contributed by atoms with Gasteiger partial charge in [-0.3, -0.25) is 0 Å². The smallest absolute Gasteiger partial charge is 0.0160 e. The topological polar surface area (TPSA) is 25.8 Å². The zero-order chi connectivity index (χ0) is 26.0. The number of hydrogen-bond acceptors (Lipinski definition) is 2. The summed E-state index contributed by atoms with van der Waals surface area (Å²) < 4.78 is 2.95. The molecule has 2 aromatic heterocycles. The van der Waals surface area contributed by atoms with Gasteiger partial charge in [0.2, 0.25) is 0 Å². The van der Waals surface area contributed by atoms with Crippen LogP contribution in [0.5, 0.6) is 0 Å². The third kappa shape index (κ3) is 5.60. The van der Waals surface area contributed by atoms with Gasteiger partial charge in [0.1, 0.15) is 0 Å². The normalized spacial score (nSPS) is 12.8. The molecule has 0 spiro atoms. The molecule has 0 atom stereocenters. The van der Waals surface area contributed by atoms with Crippen LogP contribution >= 0.6 is 0 Å². The molecule has 193 valence electrons. The third-order valence-corrected chi connectivity index (χ3v) is 9.45. The number of rotatable bonds is 2. The second kappa shape index (κ2) is 11.9. The summed E-state index contributed by atoms with van der Waals surface area (Å²) >= 11 is 0.347. The maximum Gasteiger partial charge on any atom is 0.0160 e. The SMILES string of the molecule is CC1(C)c2ccccc2[Se]c2cc[c-]c(-c3ccccn3)c21.Cc1[c-]c(-c2ccccn2)cc(C)c1C.[Ir]. The average molecular weight is 738 g/mol. The molecule has 0 saturated heterocycles. The summed E-state index contributed by atoms with van der Waals surface area (Å²) in [6.45, 7) is 11.0. The summed E-state index contributed by atoms with van der Waals surface area (Å²) in [5.41, 5.74) is 10.9. The first-order valence-corrected chi connectivity index (χ1v) is 14.2. The molecule has 3 aromatic carbocycles. The van der Waals surface area contributed by atoms with Gasteiger partial charge in [-0.1, -0.05) is 32.9 Å². The van der Waals surface area contributed by atoms with E-state index in [4.69, 9.17) is 0 Å². The van der Waals surface area contributed by atoms with Crippen molar-refractivity contribution in [3.8, 4) is 22.5 Å². The minimum absolute atomic E-state index is 0. The van der Waals surface area contributed by atoms with E-state index in [-0.39, 0.29) is 25.5 Å². The van der Waals surface area contributed by atoms with E-state index in [0.29, 0.717) is 15.0 Å². The molecule has 1 aliphatic rings. The largest absolute Gasteiger partial charge is 0.305 e. The number of nitrogens with zero attached hydrogens (tertiary/aromatic N) is 2. The second-order valence-corrected chi connectivity index (χ2v) is 12.1. The average Bonchev–Trinajstić information content (AvgIpc) is 2.92. The van der Waals surface area contributed by atoms with Crippen LogP contribution in [0.2, 0.25) is 0 Å². The molecule has 0 amide bonds. The monoisotopic (exact) mass is 739 g/mol. The summed E-state index contributed by atoms with van der Waals surface area (Å²) in [5.74, 6) is 0. The molecule has 2 nitrogen and oxygen atoms in total. The molecule has 0 aliphatic carbocycles. The number of benzene rings is 3. The minimum atomic E-state index is -0.0173. The van der Waals surface area contributed by atoms with Gasteiger partial charge in [0.15, 0.2) is 0 Å². The predicted octanol–water partition coefficient (Wildman–Crippen LogP) is 6.31. The molecule has 0 N–H and O–H groups in total. The van der Waals surface area contributed by atoms with E-state index in [0.717, 1.165) is 22.5 Å². The molecule has 0 fully saturated rings. The van der Waals surface area contributed by atoms with E-state index in [1.807, 2.05) is 42.7 Å². The Morgan fingerprint density at radius 3 is 2.08 bits per heavy atom. The Hall–Kier alpha value is -2.87. The van der Waals surface area contributed by atoms with Crippen LogP contribution in [0.3, 0.4) is 0 Å². The van der Waals surface area contributed by atoms with Crippen molar-refractivity contribution < 1.29 is 20.1 Å². The fourth-order valence-corrected chi connectivity index (χ4v) is 7.80. The van der Waals surface area contributed by atoms with Crippen molar-refractivity contribution in [3.05, 3.63) is 131 Å². The summed E-state index contributed by atoms with van der Waals surface area (Å²) in [4.78, 5) is 8.88. The number of hydrogen-bond donors (Lipinski definition) is 0. The number of fused-ring (bicyclic) bond motifs is 2. The molecular weight excluding hydrogens is 708 g/mol.